The number of hydrogen-bond donors (Lipinski definition) is 1. The van der Waals surface area contributed by atoms with Crippen molar-refractivity contribution >= 4 is 39.1 Å². The van der Waals surface area contributed by atoms with Gasteiger partial charge in [-0.2, -0.15) is 8.78 Å². The van der Waals surface area contributed by atoms with Crippen molar-refractivity contribution in [1.29, 1.82) is 0 Å². The van der Waals surface area contributed by atoms with Crippen LogP contribution in [0.5, 0.6) is 5.75 Å². The summed E-state index contributed by atoms with van der Waals surface area (Å²) in [6, 6.07) is 10.5. The molecule has 2 rings (SSSR count). The molecule has 2 aromatic rings. The van der Waals surface area contributed by atoms with E-state index in [-0.39, 0.29) is 11.3 Å². The Bertz CT molecular complexity index is 667. The summed E-state index contributed by atoms with van der Waals surface area (Å²) in [6.45, 7) is -2.94. The fraction of sp³-hybridized carbons (Fsp3) is 0.0714. The van der Waals surface area contributed by atoms with E-state index in [9.17, 15) is 13.6 Å². The van der Waals surface area contributed by atoms with Crippen molar-refractivity contribution in [2.75, 3.05) is 5.32 Å². The molecule has 0 radical (unpaired) electrons. The Labute approximate surface area is 133 Å². The summed E-state index contributed by atoms with van der Waals surface area (Å²) < 4.78 is 29.3. The maximum atomic E-state index is 12.1. The summed E-state index contributed by atoms with van der Waals surface area (Å²) in [4.78, 5) is 12.1. The fourth-order valence-corrected chi connectivity index (χ4v) is 2.32. The van der Waals surface area contributed by atoms with Crippen LogP contribution in [0.3, 0.4) is 0 Å². The molecule has 0 aliphatic heterocycles. The first-order chi connectivity index (χ1) is 9.95. The van der Waals surface area contributed by atoms with Gasteiger partial charge in [-0.15, -0.1) is 0 Å². The van der Waals surface area contributed by atoms with Crippen LogP contribution < -0.4 is 10.1 Å². The molecule has 2 aromatic carbocycles. The molecule has 0 fully saturated rings. The zero-order chi connectivity index (χ0) is 15.4. The molecule has 7 heteroatoms. The molecule has 0 saturated carbocycles. The summed E-state index contributed by atoms with van der Waals surface area (Å²) in [5, 5.41) is 2.96. The average molecular weight is 377 g/mol. The number of ether oxygens (including phenoxy) is 1. The monoisotopic (exact) mass is 375 g/mol. The number of benzene rings is 2. The minimum absolute atomic E-state index is 0.0837. The Kier molecular flexibility index (Phi) is 5.14. The van der Waals surface area contributed by atoms with Gasteiger partial charge in [-0.05, 0) is 36.4 Å². The summed E-state index contributed by atoms with van der Waals surface area (Å²) in [6.07, 6.45) is 0. The van der Waals surface area contributed by atoms with Crippen LogP contribution in [0.1, 0.15) is 10.4 Å². The van der Waals surface area contributed by atoms with Crippen LogP contribution in [0.4, 0.5) is 14.5 Å². The van der Waals surface area contributed by atoms with Gasteiger partial charge in [0.15, 0.2) is 0 Å². The number of hydrogen-bond acceptors (Lipinski definition) is 2. The first-order valence-electron chi connectivity index (χ1n) is 5.77. The molecule has 0 unspecified atom stereocenters. The lowest BCUT2D eigenvalue weighted by molar-refractivity contribution is -0.0498. The Morgan fingerprint density at radius 1 is 1.24 bits per heavy atom. The van der Waals surface area contributed by atoms with Crippen molar-refractivity contribution in [2.45, 2.75) is 6.61 Å². The third-order valence-corrected chi connectivity index (χ3v) is 3.31. The second-order valence-electron chi connectivity index (χ2n) is 3.98. The molecular formula is C14H9BrClF2NO2. The van der Waals surface area contributed by atoms with E-state index >= 15 is 0 Å². The largest absolute Gasteiger partial charge is 0.435 e. The Morgan fingerprint density at radius 2 is 2.00 bits per heavy atom. The van der Waals surface area contributed by atoms with E-state index in [0.717, 1.165) is 4.47 Å². The maximum Gasteiger partial charge on any atom is 0.387 e. The maximum absolute atomic E-state index is 12.1. The number of amides is 1. The minimum atomic E-state index is -2.94. The van der Waals surface area contributed by atoms with Crippen LogP contribution in [0.15, 0.2) is 46.9 Å². The number of carbonyl (C=O) groups is 1. The molecule has 0 aliphatic rings. The van der Waals surface area contributed by atoms with Gasteiger partial charge in [0.25, 0.3) is 5.91 Å². The molecule has 0 aliphatic carbocycles. The van der Waals surface area contributed by atoms with Gasteiger partial charge < -0.3 is 10.1 Å². The second kappa shape index (κ2) is 6.87. The van der Waals surface area contributed by atoms with Gasteiger partial charge in [0, 0.05) is 10.0 Å². The Balaban J connectivity index is 2.16. The van der Waals surface area contributed by atoms with E-state index in [0.29, 0.717) is 10.7 Å². The van der Waals surface area contributed by atoms with E-state index in [1.54, 1.807) is 18.2 Å². The highest BCUT2D eigenvalue weighted by atomic mass is 79.9. The fourth-order valence-electron chi connectivity index (χ4n) is 1.60. The zero-order valence-corrected chi connectivity index (χ0v) is 12.8. The Morgan fingerprint density at radius 3 is 2.67 bits per heavy atom. The van der Waals surface area contributed by atoms with Crippen molar-refractivity contribution < 1.29 is 18.3 Å². The first-order valence-corrected chi connectivity index (χ1v) is 6.94. The predicted molar refractivity (Wildman–Crippen MR) is 80.2 cm³/mol. The minimum Gasteiger partial charge on any atom is -0.435 e. The summed E-state index contributed by atoms with van der Waals surface area (Å²) in [5.74, 6) is -0.557. The van der Waals surface area contributed by atoms with Gasteiger partial charge in [0.1, 0.15) is 5.75 Å². The van der Waals surface area contributed by atoms with Crippen LogP contribution >= 0.6 is 27.5 Å². The normalized spacial score (nSPS) is 10.5. The molecule has 110 valence electrons. The number of nitrogens with one attached hydrogen (secondary N) is 1. The van der Waals surface area contributed by atoms with Crippen molar-refractivity contribution in [2.24, 2.45) is 0 Å². The van der Waals surface area contributed by atoms with Gasteiger partial charge in [0.05, 0.1) is 10.7 Å². The molecule has 21 heavy (non-hydrogen) atoms. The first kappa shape index (κ1) is 15.7. The molecule has 0 spiro atoms. The van der Waals surface area contributed by atoms with Crippen LogP contribution in [0.2, 0.25) is 5.02 Å². The van der Waals surface area contributed by atoms with E-state index in [2.05, 4.69) is 26.0 Å². The predicted octanol–water partition coefficient (Wildman–Crippen LogP) is 4.96. The molecule has 0 atom stereocenters. The van der Waals surface area contributed by atoms with Crippen LogP contribution in [-0.2, 0) is 0 Å². The van der Waals surface area contributed by atoms with Crippen LogP contribution in [0.25, 0.3) is 0 Å². The average Bonchev–Trinajstić information content (AvgIpc) is 2.41. The molecule has 3 nitrogen and oxygen atoms in total. The van der Waals surface area contributed by atoms with Crippen LogP contribution in [0, 0.1) is 0 Å². The lowest BCUT2D eigenvalue weighted by Gasteiger charge is -2.09. The number of anilines is 1. The quantitative estimate of drug-likeness (QED) is 0.819. The van der Waals surface area contributed by atoms with Crippen LogP contribution in [-0.4, -0.2) is 12.5 Å². The number of rotatable bonds is 4. The third kappa shape index (κ3) is 4.41. The van der Waals surface area contributed by atoms with Crippen molar-refractivity contribution in [1.82, 2.24) is 0 Å². The summed E-state index contributed by atoms with van der Waals surface area (Å²) >= 11 is 9.25. The lowest BCUT2D eigenvalue weighted by Crippen LogP contribution is -2.12. The lowest BCUT2D eigenvalue weighted by atomic mass is 10.2. The van der Waals surface area contributed by atoms with Crippen molar-refractivity contribution in [3.8, 4) is 5.75 Å². The van der Waals surface area contributed by atoms with Gasteiger partial charge in [-0.3, -0.25) is 4.79 Å². The van der Waals surface area contributed by atoms with Crippen molar-refractivity contribution in [3.05, 3.63) is 57.5 Å². The van der Waals surface area contributed by atoms with E-state index < -0.39 is 12.5 Å². The number of carbonyl (C=O) groups excluding carboxylic acids is 1. The van der Waals surface area contributed by atoms with E-state index in [1.165, 1.54) is 24.3 Å². The van der Waals surface area contributed by atoms with Gasteiger partial charge >= 0.3 is 6.61 Å². The summed E-state index contributed by atoms with van der Waals surface area (Å²) in [7, 11) is 0. The zero-order valence-electron chi connectivity index (χ0n) is 10.4. The second-order valence-corrected chi connectivity index (χ2v) is 5.31. The molecule has 1 amide bonds. The van der Waals surface area contributed by atoms with Gasteiger partial charge in [-0.1, -0.05) is 33.6 Å². The Hall–Kier alpha value is -1.66. The highest BCUT2D eigenvalue weighted by molar-refractivity contribution is 9.10. The number of alkyl halides is 2. The molecule has 0 saturated heterocycles. The molecule has 0 bridgehead atoms. The molecule has 1 N–H and O–H groups in total. The molecule has 0 aromatic heterocycles. The summed E-state index contributed by atoms with van der Waals surface area (Å²) in [5.41, 5.74) is 0.609. The molecule has 0 heterocycles. The SMILES string of the molecule is O=C(Nc1ccc(Br)cc1Cl)c1cccc(OC(F)F)c1. The topological polar surface area (TPSA) is 38.3 Å². The molecular weight excluding hydrogens is 368 g/mol. The van der Waals surface area contributed by atoms with Gasteiger partial charge in [0.2, 0.25) is 0 Å². The highest BCUT2D eigenvalue weighted by Crippen LogP contribution is 2.26. The highest BCUT2D eigenvalue weighted by Gasteiger charge is 2.11. The number of halogens is 4. The van der Waals surface area contributed by atoms with E-state index in [1.807, 2.05) is 0 Å². The van der Waals surface area contributed by atoms with Gasteiger partial charge in [-0.25, -0.2) is 0 Å². The van der Waals surface area contributed by atoms with Crippen molar-refractivity contribution in [3.63, 3.8) is 0 Å². The van der Waals surface area contributed by atoms with E-state index in [4.69, 9.17) is 11.6 Å². The smallest absolute Gasteiger partial charge is 0.387 e. The standard InChI is InChI=1S/C14H9BrClF2NO2/c15-9-4-5-12(11(16)7-9)19-13(20)8-2-1-3-10(6-8)21-14(17)18/h1-7,14H,(H,19,20). The third-order valence-electron chi connectivity index (χ3n) is 2.50.